The minimum absolute atomic E-state index is 0.00211. The molecule has 1 saturated heterocycles. The highest BCUT2D eigenvalue weighted by molar-refractivity contribution is 6.09. The minimum Gasteiger partial charge on any atom is -0.345 e. The summed E-state index contributed by atoms with van der Waals surface area (Å²) in [6, 6.07) is 4.54. The number of carbonyl (C=O) groups excluding carboxylic acids is 3. The molecule has 7 rings (SSSR count). The van der Waals surface area contributed by atoms with Crippen molar-refractivity contribution in [3.05, 3.63) is 65.0 Å². The van der Waals surface area contributed by atoms with Gasteiger partial charge in [0.25, 0.3) is 0 Å². The Labute approximate surface area is 248 Å². The predicted octanol–water partition coefficient (Wildman–Crippen LogP) is 4.93. The van der Waals surface area contributed by atoms with E-state index in [1.165, 1.54) is 6.92 Å². The zero-order chi connectivity index (χ0) is 30.6. The lowest BCUT2D eigenvalue weighted by atomic mass is 9.99. The Bertz CT molecular complexity index is 1920. The molecule has 3 fully saturated rings. The highest BCUT2D eigenvalue weighted by Crippen LogP contribution is 2.91. The summed E-state index contributed by atoms with van der Waals surface area (Å²) in [7, 11) is 0. The number of fused-ring (bicyclic) bond motifs is 2. The van der Waals surface area contributed by atoms with Crippen molar-refractivity contribution < 1.29 is 18.8 Å². The van der Waals surface area contributed by atoms with Crippen LogP contribution in [0.15, 0.2) is 48.2 Å². The van der Waals surface area contributed by atoms with Gasteiger partial charge < -0.3 is 14.8 Å². The van der Waals surface area contributed by atoms with Gasteiger partial charge >= 0.3 is 0 Å². The van der Waals surface area contributed by atoms with E-state index in [9.17, 15) is 18.8 Å². The lowest BCUT2D eigenvalue weighted by molar-refractivity contribution is -0.142. The topological polar surface area (TPSA) is 102 Å². The summed E-state index contributed by atoms with van der Waals surface area (Å²) in [5, 5.41) is 8.06. The number of benzene rings is 1. The smallest absolute Gasteiger partial charge is 0.243 e. The molecule has 222 valence electrons. The van der Waals surface area contributed by atoms with E-state index in [1.54, 1.807) is 42.6 Å². The van der Waals surface area contributed by atoms with Crippen LogP contribution in [0.5, 0.6) is 0 Å². The number of nitrogens with zero attached hydrogens (tertiary/aromatic N) is 5. The second-order valence-electron chi connectivity index (χ2n) is 13.1. The number of hydrogen-bond donors (Lipinski definition) is 1. The van der Waals surface area contributed by atoms with Gasteiger partial charge in [-0.2, -0.15) is 5.10 Å². The molecule has 10 heteroatoms. The van der Waals surface area contributed by atoms with Crippen molar-refractivity contribution in [3.63, 3.8) is 0 Å². The molecule has 9 nitrogen and oxygen atoms in total. The van der Waals surface area contributed by atoms with E-state index in [2.05, 4.69) is 15.4 Å². The number of carbonyl (C=O) groups is 3. The minimum atomic E-state index is -0.755. The van der Waals surface area contributed by atoms with E-state index in [0.717, 1.165) is 51.8 Å². The van der Waals surface area contributed by atoms with Crippen LogP contribution in [0.4, 0.5) is 4.39 Å². The standard InChI is InChI=1S/C33H35FN6O3/c1-17(2)28(34)20(5)36-31(43)30-33-14-32(33,15-33)16-39(30)27(42)13-38-12-25(21(6)41)24-9-22(7-18(3)29(24)38)23-10-35-26-8-19(4)37-40(26)11-23/h7-12,20,30H,13-16H2,1-6H3,(H,36,43)/t20-,30+,32?,33?/m0/s1. The number of aryl methyl sites for hydroxylation is 2. The number of allylic oxidation sites excluding steroid dienone is 1. The van der Waals surface area contributed by atoms with Crippen molar-refractivity contribution >= 4 is 34.1 Å². The van der Waals surface area contributed by atoms with Crippen molar-refractivity contribution in [2.75, 3.05) is 6.54 Å². The third-order valence-electron chi connectivity index (χ3n) is 9.82. The zero-order valence-corrected chi connectivity index (χ0v) is 25.3. The average molecular weight is 583 g/mol. The molecule has 1 aromatic carbocycles. The fourth-order valence-electron chi connectivity index (χ4n) is 7.56. The van der Waals surface area contributed by atoms with Gasteiger partial charge in [-0.05, 0) is 88.6 Å². The van der Waals surface area contributed by atoms with Crippen LogP contribution in [-0.4, -0.2) is 60.3 Å². The first-order valence-corrected chi connectivity index (χ1v) is 14.7. The van der Waals surface area contributed by atoms with Crippen LogP contribution < -0.4 is 5.32 Å². The van der Waals surface area contributed by atoms with Gasteiger partial charge in [-0.3, -0.25) is 14.4 Å². The highest BCUT2D eigenvalue weighted by Gasteiger charge is 2.91. The quantitative estimate of drug-likeness (QED) is 0.312. The summed E-state index contributed by atoms with van der Waals surface area (Å²) in [4.78, 5) is 46.3. The second kappa shape index (κ2) is 9.08. The molecule has 4 heterocycles. The van der Waals surface area contributed by atoms with Crippen LogP contribution in [0.25, 0.3) is 27.7 Å². The Hall–Kier alpha value is -4.34. The van der Waals surface area contributed by atoms with Gasteiger partial charge in [0.1, 0.15) is 18.4 Å². The van der Waals surface area contributed by atoms with Crippen LogP contribution >= 0.6 is 0 Å². The van der Waals surface area contributed by atoms with Gasteiger partial charge in [-0.25, -0.2) is 13.9 Å². The average Bonchev–Trinajstić information content (AvgIpc) is 3.46. The summed E-state index contributed by atoms with van der Waals surface area (Å²) in [5.41, 5.74) is 6.00. The molecule has 0 radical (unpaired) electrons. The normalized spacial score (nSPS) is 24.1. The lowest BCUT2D eigenvalue weighted by Gasteiger charge is -2.33. The number of amides is 2. The summed E-state index contributed by atoms with van der Waals surface area (Å²) in [6.07, 6.45) is 7.33. The summed E-state index contributed by atoms with van der Waals surface area (Å²) in [6.45, 7) is 10.9. The fourth-order valence-corrected chi connectivity index (χ4v) is 7.56. The molecule has 1 aliphatic heterocycles. The first-order valence-electron chi connectivity index (χ1n) is 14.7. The lowest BCUT2D eigenvalue weighted by Crippen LogP contribution is -2.54. The fraction of sp³-hybridized carbons (Fsp3) is 0.424. The van der Waals surface area contributed by atoms with Crippen LogP contribution in [0.2, 0.25) is 0 Å². The maximum Gasteiger partial charge on any atom is 0.243 e. The summed E-state index contributed by atoms with van der Waals surface area (Å²) in [5.74, 6) is -0.937. The molecule has 0 unspecified atom stereocenters. The summed E-state index contributed by atoms with van der Waals surface area (Å²) < 4.78 is 18.1. The number of hydrogen-bond acceptors (Lipinski definition) is 5. The molecule has 2 atom stereocenters. The molecule has 43 heavy (non-hydrogen) atoms. The number of likely N-dealkylation sites (tertiary alicyclic amines) is 1. The maximum atomic E-state index is 14.5. The van der Waals surface area contributed by atoms with E-state index in [1.807, 2.05) is 42.8 Å². The predicted molar refractivity (Wildman–Crippen MR) is 160 cm³/mol. The molecule has 4 aromatic rings. The molecule has 0 spiro atoms. The highest BCUT2D eigenvalue weighted by atomic mass is 19.1. The molecule has 2 aliphatic carbocycles. The van der Waals surface area contributed by atoms with Gasteiger partial charge in [-0.15, -0.1) is 0 Å². The number of piperidine rings is 2. The van der Waals surface area contributed by atoms with Gasteiger partial charge in [0.05, 0.1) is 17.3 Å². The molecule has 0 bridgehead atoms. The number of aromatic nitrogens is 4. The van der Waals surface area contributed by atoms with E-state index in [0.29, 0.717) is 17.7 Å². The Morgan fingerprint density at radius 2 is 1.84 bits per heavy atom. The van der Waals surface area contributed by atoms with Crippen molar-refractivity contribution in [1.29, 1.82) is 0 Å². The molecule has 2 amide bonds. The number of ketones is 1. The number of halogens is 1. The first kappa shape index (κ1) is 27.5. The van der Waals surface area contributed by atoms with Gasteiger partial charge in [-0.1, -0.05) is 0 Å². The molecule has 3 aromatic heterocycles. The second-order valence-corrected chi connectivity index (χ2v) is 13.1. The van der Waals surface area contributed by atoms with Gasteiger partial charge in [0, 0.05) is 53.1 Å². The van der Waals surface area contributed by atoms with Crippen molar-refractivity contribution in [3.8, 4) is 11.1 Å². The number of rotatable bonds is 7. The molecular weight excluding hydrogens is 547 g/mol. The van der Waals surface area contributed by atoms with Crippen LogP contribution in [0.3, 0.4) is 0 Å². The van der Waals surface area contributed by atoms with Gasteiger partial charge in [0.15, 0.2) is 11.4 Å². The Morgan fingerprint density at radius 1 is 1.09 bits per heavy atom. The van der Waals surface area contributed by atoms with Crippen molar-refractivity contribution in [1.82, 2.24) is 29.4 Å². The zero-order valence-electron chi connectivity index (χ0n) is 25.3. The van der Waals surface area contributed by atoms with E-state index in [-0.39, 0.29) is 40.8 Å². The molecule has 3 aliphatic rings. The first-order chi connectivity index (χ1) is 20.3. The molecule has 1 N–H and O–H groups in total. The van der Waals surface area contributed by atoms with E-state index in [4.69, 9.17) is 0 Å². The molecular formula is C33H35FN6O3. The number of nitrogens with one attached hydrogen (secondary N) is 1. The van der Waals surface area contributed by atoms with Crippen molar-refractivity contribution in [2.24, 2.45) is 10.8 Å². The Balaban J connectivity index is 1.20. The van der Waals surface area contributed by atoms with Crippen LogP contribution in [-0.2, 0) is 16.1 Å². The number of Topliss-reactive ketones (excluding diaryl/α,β-unsaturated/α-hetero) is 1. The van der Waals surface area contributed by atoms with Crippen LogP contribution in [0.1, 0.15) is 62.2 Å². The monoisotopic (exact) mass is 582 g/mol. The summed E-state index contributed by atoms with van der Waals surface area (Å²) >= 11 is 0. The third kappa shape index (κ3) is 4.06. The van der Waals surface area contributed by atoms with Gasteiger partial charge in [0.2, 0.25) is 11.8 Å². The SMILES string of the molecule is CC(=O)c1cn(CC(=O)N2CC34CC3(C4)[C@H]2C(=O)N[C@@H](C)C(F)=C(C)C)c2c(C)cc(-c3cnc4cc(C)nn4c3)cc12. The van der Waals surface area contributed by atoms with Crippen LogP contribution in [0, 0.1) is 24.7 Å². The Kier molecular flexibility index (Phi) is 5.81. The van der Waals surface area contributed by atoms with E-state index < -0.39 is 12.1 Å². The van der Waals surface area contributed by atoms with E-state index >= 15 is 0 Å². The Morgan fingerprint density at radius 3 is 2.53 bits per heavy atom. The third-order valence-corrected chi connectivity index (χ3v) is 9.82. The largest absolute Gasteiger partial charge is 0.345 e. The maximum absolute atomic E-state index is 14.5. The van der Waals surface area contributed by atoms with Crippen molar-refractivity contribution in [2.45, 2.75) is 73.0 Å². The molecule has 2 saturated carbocycles.